The predicted octanol–water partition coefficient (Wildman–Crippen LogP) is 3.25. The van der Waals surface area contributed by atoms with Crippen LogP contribution in [0.5, 0.6) is 5.75 Å². The fourth-order valence-electron chi connectivity index (χ4n) is 2.01. The predicted molar refractivity (Wildman–Crippen MR) is 74.2 cm³/mol. The zero-order chi connectivity index (χ0) is 14.8. The summed E-state index contributed by atoms with van der Waals surface area (Å²) in [5.74, 6) is 0.976. The molecule has 0 bridgehead atoms. The molecule has 0 aliphatic carbocycles. The van der Waals surface area contributed by atoms with Crippen molar-refractivity contribution in [3.8, 4) is 28.5 Å². The summed E-state index contributed by atoms with van der Waals surface area (Å²) < 4.78 is 24.2. The lowest BCUT2D eigenvalue weighted by Gasteiger charge is -2.08. The fraction of sp³-hybridized carbons (Fsp3) is 0.133. The molecule has 2 aromatic heterocycles. The third-order valence-electron chi connectivity index (χ3n) is 2.99. The first-order valence-corrected chi connectivity index (χ1v) is 6.28. The van der Waals surface area contributed by atoms with E-state index in [0.717, 1.165) is 0 Å². The maximum absolute atomic E-state index is 14.0. The molecule has 106 valence electrons. The Kier molecular flexibility index (Phi) is 3.35. The first-order chi connectivity index (χ1) is 10.2. The van der Waals surface area contributed by atoms with Crippen LogP contribution in [-0.4, -0.2) is 22.2 Å². The zero-order valence-corrected chi connectivity index (χ0v) is 11.5. The van der Waals surface area contributed by atoms with Gasteiger partial charge in [0.25, 0.3) is 5.89 Å². The monoisotopic (exact) mass is 285 g/mol. The van der Waals surface area contributed by atoms with Gasteiger partial charge >= 0.3 is 0 Å². The molecule has 0 aliphatic rings. The molecule has 0 radical (unpaired) electrons. The van der Waals surface area contributed by atoms with Crippen LogP contribution in [0, 0.1) is 12.7 Å². The van der Waals surface area contributed by atoms with Gasteiger partial charge in [-0.1, -0.05) is 11.2 Å². The van der Waals surface area contributed by atoms with E-state index in [9.17, 15) is 4.39 Å². The molecule has 0 atom stereocenters. The first-order valence-electron chi connectivity index (χ1n) is 6.28. The van der Waals surface area contributed by atoms with Gasteiger partial charge < -0.3 is 9.26 Å². The normalized spacial score (nSPS) is 10.6. The second kappa shape index (κ2) is 5.32. The van der Waals surface area contributed by atoms with E-state index in [1.165, 1.54) is 13.2 Å². The number of nitrogens with zero attached hydrogens (tertiary/aromatic N) is 3. The highest BCUT2D eigenvalue weighted by atomic mass is 19.1. The van der Waals surface area contributed by atoms with Crippen LogP contribution in [0.25, 0.3) is 22.7 Å². The molecule has 1 aromatic carbocycles. The maximum Gasteiger partial charge on any atom is 0.259 e. The molecule has 5 nitrogen and oxygen atoms in total. The lowest BCUT2D eigenvalue weighted by Crippen LogP contribution is -1.93. The smallest absolute Gasteiger partial charge is 0.259 e. The molecular formula is C15H12FN3O2. The standard InChI is InChI=1S/C15H12FN3O2/c1-9-18-15(21-19-9)10-6-7-12(17-8-10)14-11(16)4-3-5-13(14)20-2/h3-8H,1-2H3. The Balaban J connectivity index is 2.02. The van der Waals surface area contributed by atoms with Crippen LogP contribution in [0.4, 0.5) is 4.39 Å². The van der Waals surface area contributed by atoms with E-state index >= 15 is 0 Å². The molecule has 0 spiro atoms. The van der Waals surface area contributed by atoms with Gasteiger partial charge in [-0.05, 0) is 31.2 Å². The van der Waals surface area contributed by atoms with Crippen molar-refractivity contribution in [1.29, 1.82) is 0 Å². The number of pyridine rings is 1. The average Bonchev–Trinajstić information content (AvgIpc) is 2.94. The summed E-state index contributed by atoms with van der Waals surface area (Å²) >= 11 is 0. The van der Waals surface area contributed by atoms with Crippen LogP contribution in [-0.2, 0) is 0 Å². The highest BCUT2D eigenvalue weighted by Crippen LogP contribution is 2.31. The van der Waals surface area contributed by atoms with Gasteiger partial charge in [-0.3, -0.25) is 4.98 Å². The minimum atomic E-state index is -0.386. The molecule has 0 saturated heterocycles. The van der Waals surface area contributed by atoms with Crippen LogP contribution in [0.3, 0.4) is 0 Å². The third-order valence-corrected chi connectivity index (χ3v) is 2.99. The van der Waals surface area contributed by atoms with Crippen LogP contribution in [0.1, 0.15) is 5.82 Å². The van der Waals surface area contributed by atoms with Crippen molar-refractivity contribution in [2.75, 3.05) is 7.11 Å². The molecule has 0 N–H and O–H groups in total. The Morgan fingerprint density at radius 2 is 2.05 bits per heavy atom. The lowest BCUT2D eigenvalue weighted by molar-refractivity contribution is 0.413. The average molecular weight is 285 g/mol. The Labute approximate surface area is 120 Å². The summed E-state index contributed by atoms with van der Waals surface area (Å²) in [6.45, 7) is 1.74. The van der Waals surface area contributed by atoms with E-state index in [0.29, 0.717) is 34.3 Å². The number of aryl methyl sites for hydroxylation is 1. The number of aromatic nitrogens is 3. The number of benzene rings is 1. The van der Waals surface area contributed by atoms with Gasteiger partial charge in [-0.25, -0.2) is 4.39 Å². The summed E-state index contributed by atoms with van der Waals surface area (Å²) in [6.07, 6.45) is 1.56. The van der Waals surface area contributed by atoms with Gasteiger partial charge in [0.15, 0.2) is 5.82 Å². The van der Waals surface area contributed by atoms with Crippen LogP contribution >= 0.6 is 0 Å². The van der Waals surface area contributed by atoms with Crippen molar-refractivity contribution in [2.45, 2.75) is 6.92 Å². The number of halogens is 1. The molecule has 0 unspecified atom stereocenters. The van der Waals surface area contributed by atoms with Crippen LogP contribution in [0.2, 0.25) is 0 Å². The number of hydrogen-bond acceptors (Lipinski definition) is 5. The number of ether oxygens (including phenoxy) is 1. The Morgan fingerprint density at radius 1 is 1.19 bits per heavy atom. The molecule has 2 heterocycles. The highest BCUT2D eigenvalue weighted by Gasteiger charge is 2.14. The first kappa shape index (κ1) is 13.2. The highest BCUT2D eigenvalue weighted by molar-refractivity contribution is 5.69. The van der Waals surface area contributed by atoms with Gasteiger partial charge in [0.1, 0.15) is 11.6 Å². The minimum Gasteiger partial charge on any atom is -0.496 e. The lowest BCUT2D eigenvalue weighted by atomic mass is 10.1. The zero-order valence-electron chi connectivity index (χ0n) is 11.5. The van der Waals surface area contributed by atoms with Crippen molar-refractivity contribution >= 4 is 0 Å². The summed E-state index contributed by atoms with van der Waals surface area (Å²) in [5.41, 5.74) is 1.48. The van der Waals surface area contributed by atoms with E-state index in [2.05, 4.69) is 15.1 Å². The molecule has 0 saturated carbocycles. The Bertz CT molecular complexity index is 769. The second-order valence-electron chi connectivity index (χ2n) is 4.40. The van der Waals surface area contributed by atoms with Gasteiger partial charge in [-0.15, -0.1) is 0 Å². The molecular weight excluding hydrogens is 273 g/mol. The van der Waals surface area contributed by atoms with Gasteiger partial charge in [0.05, 0.1) is 23.9 Å². The van der Waals surface area contributed by atoms with Crippen molar-refractivity contribution in [2.24, 2.45) is 0 Å². The fourth-order valence-corrected chi connectivity index (χ4v) is 2.01. The van der Waals surface area contributed by atoms with Crippen molar-refractivity contribution < 1.29 is 13.7 Å². The van der Waals surface area contributed by atoms with Crippen molar-refractivity contribution in [1.82, 2.24) is 15.1 Å². The Hall–Kier alpha value is -2.76. The molecule has 3 aromatic rings. The quantitative estimate of drug-likeness (QED) is 0.739. The van der Waals surface area contributed by atoms with E-state index in [-0.39, 0.29) is 5.82 Å². The van der Waals surface area contributed by atoms with E-state index in [4.69, 9.17) is 9.26 Å². The molecule has 0 fully saturated rings. The summed E-state index contributed by atoms with van der Waals surface area (Å²) in [5, 5.41) is 3.72. The third kappa shape index (κ3) is 2.47. The van der Waals surface area contributed by atoms with Gasteiger partial charge in [0, 0.05) is 6.20 Å². The largest absolute Gasteiger partial charge is 0.496 e. The Morgan fingerprint density at radius 3 is 2.67 bits per heavy atom. The minimum absolute atomic E-state index is 0.327. The van der Waals surface area contributed by atoms with Crippen LogP contribution in [0.15, 0.2) is 41.1 Å². The molecule has 21 heavy (non-hydrogen) atoms. The van der Waals surface area contributed by atoms with Gasteiger partial charge in [-0.2, -0.15) is 4.98 Å². The number of methoxy groups -OCH3 is 1. The molecule has 3 rings (SSSR count). The van der Waals surface area contributed by atoms with Crippen molar-refractivity contribution in [3.05, 3.63) is 48.2 Å². The van der Waals surface area contributed by atoms with E-state index in [1.54, 1.807) is 37.4 Å². The number of hydrogen-bond donors (Lipinski definition) is 0. The van der Waals surface area contributed by atoms with Gasteiger partial charge in [0.2, 0.25) is 0 Å². The van der Waals surface area contributed by atoms with E-state index < -0.39 is 0 Å². The van der Waals surface area contributed by atoms with E-state index in [1.807, 2.05) is 0 Å². The molecule has 0 amide bonds. The molecule has 0 aliphatic heterocycles. The SMILES string of the molecule is COc1cccc(F)c1-c1ccc(-c2nc(C)no2)cn1. The second-order valence-corrected chi connectivity index (χ2v) is 4.40. The van der Waals surface area contributed by atoms with Crippen molar-refractivity contribution in [3.63, 3.8) is 0 Å². The topological polar surface area (TPSA) is 61.0 Å². The maximum atomic E-state index is 14.0. The summed E-state index contributed by atoms with van der Waals surface area (Å²) in [6, 6.07) is 8.09. The molecule has 6 heteroatoms. The summed E-state index contributed by atoms with van der Waals surface area (Å²) in [7, 11) is 1.49. The number of rotatable bonds is 3. The summed E-state index contributed by atoms with van der Waals surface area (Å²) in [4.78, 5) is 8.37. The van der Waals surface area contributed by atoms with Crippen LogP contribution < -0.4 is 4.74 Å².